The highest BCUT2D eigenvalue weighted by Gasteiger charge is 2.10. The van der Waals surface area contributed by atoms with Crippen molar-refractivity contribution in [3.05, 3.63) is 66.0 Å². The molecule has 4 aromatic rings. The lowest BCUT2D eigenvalue weighted by molar-refractivity contribution is -0.116. The number of rotatable bonds is 7. The standard InChI is InChI=1S/C20H16N6OS2/c21-11-14-5-7-15(8-6-14)12-28-20-25-24-19(29-20)23-18(27)9-10-26-13-22-16-3-1-2-4-17(16)26/h1-8,13H,9-10,12H2,(H,23,24,27). The van der Waals surface area contributed by atoms with E-state index in [0.717, 1.165) is 26.7 Å². The number of nitriles is 1. The zero-order valence-corrected chi connectivity index (χ0v) is 16.9. The van der Waals surface area contributed by atoms with Crippen LogP contribution in [0.3, 0.4) is 0 Å². The summed E-state index contributed by atoms with van der Waals surface area (Å²) >= 11 is 2.90. The van der Waals surface area contributed by atoms with Crippen molar-refractivity contribution >= 4 is 45.2 Å². The molecule has 1 N–H and O–H groups in total. The van der Waals surface area contributed by atoms with Gasteiger partial charge in [0.05, 0.1) is 29.0 Å². The minimum Gasteiger partial charge on any atom is -0.330 e. The third kappa shape index (κ3) is 4.80. The Morgan fingerprint density at radius 3 is 2.83 bits per heavy atom. The lowest BCUT2D eigenvalue weighted by Gasteiger charge is -2.04. The van der Waals surface area contributed by atoms with Gasteiger partial charge in [-0.1, -0.05) is 47.4 Å². The second-order valence-electron chi connectivity index (χ2n) is 6.20. The van der Waals surface area contributed by atoms with E-state index in [-0.39, 0.29) is 5.91 Å². The lowest BCUT2D eigenvalue weighted by atomic mass is 10.2. The predicted molar refractivity (Wildman–Crippen MR) is 114 cm³/mol. The van der Waals surface area contributed by atoms with E-state index >= 15 is 0 Å². The molecule has 0 saturated carbocycles. The zero-order valence-electron chi connectivity index (χ0n) is 15.3. The van der Waals surface area contributed by atoms with Gasteiger partial charge in [0.15, 0.2) is 4.34 Å². The topological polar surface area (TPSA) is 96.5 Å². The van der Waals surface area contributed by atoms with Crippen LogP contribution in [0.5, 0.6) is 0 Å². The van der Waals surface area contributed by atoms with Crippen molar-refractivity contribution in [1.82, 2.24) is 19.7 Å². The van der Waals surface area contributed by atoms with Gasteiger partial charge in [-0.25, -0.2) is 4.98 Å². The van der Waals surface area contributed by atoms with Crippen LogP contribution < -0.4 is 5.32 Å². The summed E-state index contributed by atoms with van der Waals surface area (Å²) in [6.45, 7) is 0.547. The first-order valence-corrected chi connectivity index (χ1v) is 10.7. The molecule has 0 atom stereocenters. The van der Waals surface area contributed by atoms with Gasteiger partial charge in [-0.05, 0) is 29.8 Å². The van der Waals surface area contributed by atoms with E-state index in [1.165, 1.54) is 11.3 Å². The monoisotopic (exact) mass is 420 g/mol. The van der Waals surface area contributed by atoms with E-state index in [9.17, 15) is 4.79 Å². The molecule has 0 unspecified atom stereocenters. The summed E-state index contributed by atoms with van der Waals surface area (Å²) in [5, 5.41) is 20.3. The van der Waals surface area contributed by atoms with Crippen LogP contribution in [0.4, 0.5) is 5.13 Å². The number of thioether (sulfide) groups is 1. The van der Waals surface area contributed by atoms with Crippen LogP contribution in [0.1, 0.15) is 17.5 Å². The average molecular weight is 421 g/mol. The third-order valence-corrected chi connectivity index (χ3v) is 6.25. The molecule has 2 aromatic carbocycles. The van der Waals surface area contributed by atoms with Crippen molar-refractivity contribution in [3.8, 4) is 6.07 Å². The molecular formula is C20H16N6OS2. The Balaban J connectivity index is 1.28. The molecule has 0 aliphatic heterocycles. The number of para-hydroxylation sites is 2. The lowest BCUT2D eigenvalue weighted by Crippen LogP contribution is -2.14. The number of fused-ring (bicyclic) bond motifs is 1. The molecule has 144 valence electrons. The Hall–Kier alpha value is -3.22. The highest BCUT2D eigenvalue weighted by atomic mass is 32.2. The second kappa shape index (κ2) is 8.86. The fourth-order valence-electron chi connectivity index (χ4n) is 2.73. The summed E-state index contributed by atoms with van der Waals surface area (Å²) in [6.07, 6.45) is 2.08. The van der Waals surface area contributed by atoms with E-state index in [0.29, 0.717) is 23.7 Å². The molecule has 4 rings (SSSR count). The molecule has 2 aromatic heterocycles. The van der Waals surface area contributed by atoms with E-state index in [4.69, 9.17) is 5.26 Å². The van der Waals surface area contributed by atoms with Crippen molar-refractivity contribution < 1.29 is 4.79 Å². The van der Waals surface area contributed by atoms with Gasteiger partial charge in [-0.2, -0.15) is 5.26 Å². The fraction of sp³-hybridized carbons (Fsp3) is 0.150. The number of hydrogen-bond donors (Lipinski definition) is 1. The van der Waals surface area contributed by atoms with Gasteiger partial charge < -0.3 is 9.88 Å². The van der Waals surface area contributed by atoms with Gasteiger partial charge in [0, 0.05) is 18.7 Å². The van der Waals surface area contributed by atoms with Crippen LogP contribution in [0.25, 0.3) is 11.0 Å². The van der Waals surface area contributed by atoms with Crippen LogP contribution in [-0.4, -0.2) is 25.7 Å². The molecule has 0 radical (unpaired) electrons. The largest absolute Gasteiger partial charge is 0.330 e. The number of aryl methyl sites for hydroxylation is 1. The Morgan fingerprint density at radius 1 is 1.17 bits per heavy atom. The Morgan fingerprint density at radius 2 is 2.00 bits per heavy atom. The Bertz CT molecular complexity index is 1180. The smallest absolute Gasteiger partial charge is 0.227 e. The SMILES string of the molecule is N#Cc1ccc(CSc2nnc(NC(=O)CCn3cnc4ccccc43)s2)cc1. The minimum atomic E-state index is -0.109. The molecule has 2 heterocycles. The number of aromatic nitrogens is 4. The van der Waals surface area contributed by atoms with Crippen molar-refractivity contribution in [2.45, 2.75) is 23.1 Å². The summed E-state index contributed by atoms with van der Waals surface area (Å²) < 4.78 is 2.75. The summed E-state index contributed by atoms with van der Waals surface area (Å²) in [5.74, 6) is 0.615. The molecule has 0 saturated heterocycles. The van der Waals surface area contributed by atoms with Gasteiger partial charge in [-0.3, -0.25) is 4.79 Å². The maximum Gasteiger partial charge on any atom is 0.227 e. The number of imidazole rings is 1. The number of anilines is 1. The summed E-state index contributed by atoms with van der Waals surface area (Å²) in [6, 6.07) is 17.4. The van der Waals surface area contributed by atoms with E-state index in [1.54, 1.807) is 30.2 Å². The van der Waals surface area contributed by atoms with Crippen LogP contribution in [0.2, 0.25) is 0 Å². The van der Waals surface area contributed by atoms with Crippen LogP contribution in [-0.2, 0) is 17.1 Å². The molecule has 9 heteroatoms. The van der Waals surface area contributed by atoms with Crippen molar-refractivity contribution in [3.63, 3.8) is 0 Å². The number of benzene rings is 2. The summed E-state index contributed by atoms with van der Waals surface area (Å²) in [7, 11) is 0. The molecule has 0 fully saturated rings. The molecule has 1 amide bonds. The van der Waals surface area contributed by atoms with E-state index in [2.05, 4.69) is 26.6 Å². The second-order valence-corrected chi connectivity index (χ2v) is 8.40. The van der Waals surface area contributed by atoms with Gasteiger partial charge >= 0.3 is 0 Å². The minimum absolute atomic E-state index is 0.109. The normalized spacial score (nSPS) is 10.7. The van der Waals surface area contributed by atoms with Gasteiger partial charge in [-0.15, -0.1) is 10.2 Å². The highest BCUT2D eigenvalue weighted by molar-refractivity contribution is 8.00. The van der Waals surface area contributed by atoms with Crippen LogP contribution in [0.15, 0.2) is 59.2 Å². The maximum atomic E-state index is 12.3. The number of hydrogen-bond acceptors (Lipinski definition) is 7. The molecule has 29 heavy (non-hydrogen) atoms. The molecule has 0 spiro atoms. The number of nitrogens with zero attached hydrogens (tertiary/aromatic N) is 5. The molecule has 0 aliphatic rings. The van der Waals surface area contributed by atoms with Gasteiger partial charge in [0.2, 0.25) is 11.0 Å². The summed E-state index contributed by atoms with van der Waals surface area (Å²) in [5.41, 5.74) is 3.67. The number of carbonyl (C=O) groups is 1. The molecule has 0 bridgehead atoms. The first-order valence-electron chi connectivity index (χ1n) is 8.86. The number of carbonyl (C=O) groups excluding carboxylic acids is 1. The van der Waals surface area contributed by atoms with Gasteiger partial charge in [0.1, 0.15) is 0 Å². The zero-order chi connectivity index (χ0) is 20.1. The van der Waals surface area contributed by atoms with Crippen LogP contribution >= 0.6 is 23.1 Å². The van der Waals surface area contributed by atoms with Crippen molar-refractivity contribution in [2.24, 2.45) is 0 Å². The molecular weight excluding hydrogens is 404 g/mol. The maximum absolute atomic E-state index is 12.3. The first kappa shape index (κ1) is 19.1. The van der Waals surface area contributed by atoms with Crippen LogP contribution in [0, 0.1) is 11.3 Å². The number of nitrogens with one attached hydrogen (secondary N) is 1. The Kier molecular flexibility index (Phi) is 5.84. The molecule has 0 aliphatic carbocycles. The average Bonchev–Trinajstić information content (AvgIpc) is 3.38. The number of amides is 1. The van der Waals surface area contributed by atoms with E-state index < -0.39 is 0 Å². The summed E-state index contributed by atoms with van der Waals surface area (Å²) in [4.78, 5) is 16.6. The van der Waals surface area contributed by atoms with E-state index in [1.807, 2.05) is 41.0 Å². The quantitative estimate of drug-likeness (QED) is 0.357. The predicted octanol–water partition coefficient (Wildman–Crippen LogP) is 4.08. The molecule has 7 nitrogen and oxygen atoms in total. The first-order chi connectivity index (χ1) is 14.2. The third-order valence-electron chi connectivity index (χ3n) is 4.21. The van der Waals surface area contributed by atoms with Crippen molar-refractivity contribution in [2.75, 3.05) is 5.32 Å². The highest BCUT2D eigenvalue weighted by Crippen LogP contribution is 2.28. The fourth-order valence-corrected chi connectivity index (χ4v) is 4.46. The Labute approximate surface area is 175 Å². The van der Waals surface area contributed by atoms with Crippen molar-refractivity contribution in [1.29, 1.82) is 5.26 Å². The van der Waals surface area contributed by atoms with Gasteiger partial charge in [0.25, 0.3) is 0 Å².